The van der Waals surface area contributed by atoms with Gasteiger partial charge in [0.2, 0.25) is 0 Å². The van der Waals surface area contributed by atoms with Gasteiger partial charge in [-0.2, -0.15) is 13.2 Å². The molecule has 1 aromatic rings. The molecule has 1 atom stereocenters. The van der Waals surface area contributed by atoms with Crippen LogP contribution in [-0.4, -0.2) is 12.6 Å². The summed E-state index contributed by atoms with van der Waals surface area (Å²) in [5.41, 5.74) is 5.81. The standard InChI is InChI=1S/C13H14F3NO/c14-13(15,16)10-4-1-3-9(7-10)8-11(17)12-5-2-6-18-12/h1,3-5,7,11H,2,6,8,17H2. The summed E-state index contributed by atoms with van der Waals surface area (Å²) in [6.07, 6.45) is -1.27. The fourth-order valence-corrected chi connectivity index (χ4v) is 1.92. The predicted molar refractivity (Wildman–Crippen MR) is 61.8 cm³/mol. The number of hydrogen-bond donors (Lipinski definition) is 1. The van der Waals surface area contributed by atoms with E-state index >= 15 is 0 Å². The number of alkyl halides is 3. The summed E-state index contributed by atoms with van der Waals surface area (Å²) in [4.78, 5) is 0. The Hall–Kier alpha value is -1.49. The molecule has 0 aliphatic carbocycles. The van der Waals surface area contributed by atoms with E-state index in [4.69, 9.17) is 10.5 Å². The van der Waals surface area contributed by atoms with Crippen molar-refractivity contribution in [1.29, 1.82) is 0 Å². The second-order valence-electron chi connectivity index (χ2n) is 4.25. The molecule has 1 aliphatic heterocycles. The van der Waals surface area contributed by atoms with Crippen molar-refractivity contribution in [3.63, 3.8) is 0 Å². The Morgan fingerprint density at radius 2 is 2.11 bits per heavy atom. The lowest BCUT2D eigenvalue weighted by Crippen LogP contribution is -2.25. The minimum absolute atomic E-state index is 0.343. The van der Waals surface area contributed by atoms with Gasteiger partial charge >= 0.3 is 6.18 Å². The molecule has 2 rings (SSSR count). The molecule has 1 aromatic carbocycles. The minimum atomic E-state index is -4.32. The summed E-state index contributed by atoms with van der Waals surface area (Å²) < 4.78 is 42.9. The van der Waals surface area contributed by atoms with Gasteiger partial charge in [-0.25, -0.2) is 0 Å². The van der Waals surface area contributed by atoms with Crippen LogP contribution in [0, 0.1) is 0 Å². The van der Waals surface area contributed by atoms with E-state index in [2.05, 4.69) is 0 Å². The van der Waals surface area contributed by atoms with E-state index in [-0.39, 0.29) is 6.04 Å². The van der Waals surface area contributed by atoms with Gasteiger partial charge in [-0.1, -0.05) is 18.2 Å². The third kappa shape index (κ3) is 3.04. The second kappa shape index (κ2) is 5.02. The molecule has 0 aromatic heterocycles. The Morgan fingerprint density at radius 1 is 1.33 bits per heavy atom. The third-order valence-electron chi connectivity index (χ3n) is 2.81. The van der Waals surface area contributed by atoms with Crippen LogP contribution in [0.4, 0.5) is 13.2 Å². The Balaban J connectivity index is 2.09. The number of hydrogen-bond acceptors (Lipinski definition) is 2. The van der Waals surface area contributed by atoms with Crippen molar-refractivity contribution in [1.82, 2.24) is 0 Å². The molecule has 0 fully saturated rings. The van der Waals surface area contributed by atoms with Crippen molar-refractivity contribution < 1.29 is 17.9 Å². The average molecular weight is 257 g/mol. The maximum absolute atomic E-state index is 12.5. The molecule has 2 N–H and O–H groups in total. The highest BCUT2D eigenvalue weighted by molar-refractivity contribution is 5.27. The molecule has 2 nitrogen and oxygen atoms in total. The SMILES string of the molecule is NC(Cc1cccc(C(F)(F)F)c1)C1=CCCO1. The van der Waals surface area contributed by atoms with E-state index in [1.165, 1.54) is 6.07 Å². The number of ether oxygens (including phenoxy) is 1. The molecule has 0 saturated carbocycles. The molecule has 5 heteroatoms. The molecular weight excluding hydrogens is 243 g/mol. The lowest BCUT2D eigenvalue weighted by Gasteiger charge is -2.14. The monoisotopic (exact) mass is 257 g/mol. The summed E-state index contributed by atoms with van der Waals surface area (Å²) in [5, 5.41) is 0. The maximum Gasteiger partial charge on any atom is 0.416 e. The Kier molecular flexibility index (Phi) is 3.61. The fraction of sp³-hybridized carbons (Fsp3) is 0.385. The zero-order chi connectivity index (χ0) is 13.2. The average Bonchev–Trinajstić information content (AvgIpc) is 2.81. The predicted octanol–water partition coefficient (Wildman–Crippen LogP) is 2.88. The van der Waals surface area contributed by atoms with Gasteiger partial charge in [-0.05, 0) is 24.1 Å². The van der Waals surface area contributed by atoms with Gasteiger partial charge in [-0.3, -0.25) is 0 Å². The smallest absolute Gasteiger partial charge is 0.416 e. The molecule has 0 bridgehead atoms. The van der Waals surface area contributed by atoms with E-state index in [1.807, 2.05) is 6.08 Å². The normalized spacial score (nSPS) is 17.2. The van der Waals surface area contributed by atoms with Gasteiger partial charge in [0.15, 0.2) is 0 Å². The van der Waals surface area contributed by atoms with Crippen molar-refractivity contribution in [2.24, 2.45) is 5.73 Å². The Morgan fingerprint density at radius 3 is 2.72 bits per heavy atom. The van der Waals surface area contributed by atoms with Crippen LogP contribution in [0.5, 0.6) is 0 Å². The van der Waals surface area contributed by atoms with Crippen LogP contribution in [0.1, 0.15) is 17.5 Å². The summed E-state index contributed by atoms with van der Waals surface area (Å²) in [5.74, 6) is 0.674. The van der Waals surface area contributed by atoms with Crippen LogP contribution < -0.4 is 5.73 Å². The fourth-order valence-electron chi connectivity index (χ4n) is 1.92. The Bertz CT molecular complexity index is 454. The summed E-state index contributed by atoms with van der Waals surface area (Å²) in [6, 6.07) is 4.85. The maximum atomic E-state index is 12.5. The van der Waals surface area contributed by atoms with Gasteiger partial charge in [-0.15, -0.1) is 0 Å². The first-order valence-electron chi connectivity index (χ1n) is 5.71. The highest BCUT2D eigenvalue weighted by Crippen LogP contribution is 2.30. The number of rotatable bonds is 3. The third-order valence-corrected chi connectivity index (χ3v) is 2.81. The summed E-state index contributed by atoms with van der Waals surface area (Å²) in [7, 11) is 0. The van der Waals surface area contributed by atoms with Crippen molar-refractivity contribution in [2.45, 2.75) is 25.1 Å². The number of benzene rings is 1. The van der Waals surface area contributed by atoms with Gasteiger partial charge in [0, 0.05) is 6.42 Å². The zero-order valence-electron chi connectivity index (χ0n) is 9.70. The van der Waals surface area contributed by atoms with Gasteiger partial charge in [0.1, 0.15) is 5.76 Å². The van der Waals surface area contributed by atoms with Crippen LogP contribution in [0.25, 0.3) is 0 Å². The molecule has 98 valence electrons. The molecule has 0 amide bonds. The molecule has 0 radical (unpaired) electrons. The molecule has 18 heavy (non-hydrogen) atoms. The molecular formula is C13H14F3NO. The van der Waals surface area contributed by atoms with Crippen LogP contribution in [0.3, 0.4) is 0 Å². The first-order valence-corrected chi connectivity index (χ1v) is 5.71. The molecule has 0 saturated heterocycles. The highest BCUT2D eigenvalue weighted by Gasteiger charge is 2.30. The van der Waals surface area contributed by atoms with Gasteiger partial charge in [0.05, 0.1) is 18.2 Å². The van der Waals surface area contributed by atoms with E-state index in [0.29, 0.717) is 24.4 Å². The molecule has 1 unspecified atom stereocenters. The molecule has 1 aliphatic rings. The van der Waals surface area contributed by atoms with E-state index < -0.39 is 11.7 Å². The van der Waals surface area contributed by atoms with Crippen molar-refractivity contribution in [3.8, 4) is 0 Å². The molecule has 1 heterocycles. The summed E-state index contributed by atoms with van der Waals surface area (Å²) in [6.45, 7) is 0.603. The van der Waals surface area contributed by atoms with Crippen LogP contribution in [0.2, 0.25) is 0 Å². The highest BCUT2D eigenvalue weighted by atomic mass is 19.4. The van der Waals surface area contributed by atoms with E-state index in [0.717, 1.165) is 18.6 Å². The Labute approximate surface area is 103 Å². The van der Waals surface area contributed by atoms with Crippen molar-refractivity contribution in [3.05, 3.63) is 47.2 Å². The van der Waals surface area contributed by atoms with Gasteiger partial charge < -0.3 is 10.5 Å². The number of halogens is 3. The lowest BCUT2D eigenvalue weighted by atomic mass is 10.0. The van der Waals surface area contributed by atoms with Gasteiger partial charge in [0.25, 0.3) is 0 Å². The lowest BCUT2D eigenvalue weighted by molar-refractivity contribution is -0.137. The largest absolute Gasteiger partial charge is 0.496 e. The zero-order valence-corrected chi connectivity index (χ0v) is 9.70. The van der Waals surface area contributed by atoms with Crippen molar-refractivity contribution >= 4 is 0 Å². The quantitative estimate of drug-likeness (QED) is 0.903. The van der Waals surface area contributed by atoms with Crippen LogP contribution >= 0.6 is 0 Å². The second-order valence-corrected chi connectivity index (χ2v) is 4.25. The summed E-state index contributed by atoms with van der Waals surface area (Å²) >= 11 is 0. The number of nitrogens with two attached hydrogens (primary N) is 1. The first kappa shape index (κ1) is 13.0. The van der Waals surface area contributed by atoms with E-state index in [1.54, 1.807) is 6.07 Å². The van der Waals surface area contributed by atoms with Crippen LogP contribution in [-0.2, 0) is 17.3 Å². The van der Waals surface area contributed by atoms with Crippen LogP contribution in [0.15, 0.2) is 36.1 Å². The minimum Gasteiger partial charge on any atom is -0.496 e. The first-order chi connectivity index (χ1) is 8.47. The topological polar surface area (TPSA) is 35.2 Å². The van der Waals surface area contributed by atoms with Crippen molar-refractivity contribution in [2.75, 3.05) is 6.61 Å². The van der Waals surface area contributed by atoms with E-state index in [9.17, 15) is 13.2 Å². The molecule has 0 spiro atoms.